The van der Waals surface area contributed by atoms with Crippen LogP contribution in [-0.2, 0) is 14.8 Å². The summed E-state index contributed by atoms with van der Waals surface area (Å²) in [5.74, 6) is 0.108. The number of amides is 1. The molecule has 156 valence electrons. The van der Waals surface area contributed by atoms with Crippen LogP contribution in [-0.4, -0.2) is 68.0 Å². The number of sulfonamides is 1. The van der Waals surface area contributed by atoms with Crippen LogP contribution in [0.2, 0.25) is 0 Å². The average Bonchev–Trinajstić information content (AvgIpc) is 2.67. The lowest BCUT2D eigenvalue weighted by molar-refractivity contribution is -0.0440. The van der Waals surface area contributed by atoms with Gasteiger partial charge in [0.1, 0.15) is 12.0 Å². The number of aromatic nitrogens is 2. The van der Waals surface area contributed by atoms with E-state index in [0.717, 1.165) is 0 Å². The molecule has 1 amide bonds. The highest BCUT2D eigenvalue weighted by Crippen LogP contribution is 2.23. The molecule has 0 spiro atoms. The van der Waals surface area contributed by atoms with E-state index in [2.05, 4.69) is 15.3 Å². The van der Waals surface area contributed by atoms with Gasteiger partial charge in [-0.3, -0.25) is 4.79 Å². The molecule has 0 unspecified atom stereocenters. The minimum atomic E-state index is -3.74. The molecule has 1 aliphatic heterocycles. The summed E-state index contributed by atoms with van der Waals surface area (Å²) in [5.41, 5.74) is 0.667. The van der Waals surface area contributed by atoms with Gasteiger partial charge in [-0.05, 0) is 32.0 Å². The van der Waals surface area contributed by atoms with Gasteiger partial charge < -0.3 is 15.0 Å². The third-order valence-corrected chi connectivity index (χ3v) is 6.31. The third-order valence-electron chi connectivity index (χ3n) is 4.48. The fraction of sp³-hybridized carbons (Fsp3) is 0.421. The molecule has 29 heavy (non-hydrogen) atoms. The number of benzene rings is 1. The van der Waals surface area contributed by atoms with Crippen LogP contribution in [0.25, 0.3) is 0 Å². The normalized spacial score (nSPS) is 20.3. The molecule has 2 atom stereocenters. The maximum atomic E-state index is 13.1. The van der Waals surface area contributed by atoms with Gasteiger partial charge >= 0.3 is 0 Å². The van der Waals surface area contributed by atoms with Gasteiger partial charge in [0.25, 0.3) is 5.91 Å². The molecule has 0 aliphatic carbocycles. The van der Waals surface area contributed by atoms with Gasteiger partial charge in [-0.2, -0.15) is 4.31 Å². The lowest BCUT2D eigenvalue weighted by atomic mass is 10.2. The van der Waals surface area contributed by atoms with Crippen LogP contribution in [0.4, 0.5) is 11.5 Å². The molecular weight excluding hydrogens is 394 g/mol. The van der Waals surface area contributed by atoms with E-state index in [1.165, 1.54) is 29.0 Å². The monoisotopic (exact) mass is 419 g/mol. The smallest absolute Gasteiger partial charge is 0.255 e. The van der Waals surface area contributed by atoms with Crippen molar-refractivity contribution in [3.05, 3.63) is 42.4 Å². The molecule has 10 heteroatoms. The number of hydrogen-bond donors (Lipinski definition) is 1. The first kappa shape index (κ1) is 21.2. The first-order valence-corrected chi connectivity index (χ1v) is 10.7. The first-order valence-electron chi connectivity index (χ1n) is 9.23. The molecule has 1 aromatic carbocycles. The zero-order valence-corrected chi connectivity index (χ0v) is 17.7. The molecule has 1 aliphatic rings. The minimum absolute atomic E-state index is 0.0728. The van der Waals surface area contributed by atoms with Crippen LogP contribution in [0.1, 0.15) is 24.2 Å². The Morgan fingerprint density at radius 3 is 2.59 bits per heavy atom. The Hall–Kier alpha value is -2.56. The summed E-state index contributed by atoms with van der Waals surface area (Å²) in [6, 6.07) is 6.00. The number of ether oxygens (including phenoxy) is 1. The molecule has 9 nitrogen and oxygen atoms in total. The molecule has 0 bridgehead atoms. The number of carbonyl (C=O) groups excluding carboxylic acids is 1. The Morgan fingerprint density at radius 1 is 1.24 bits per heavy atom. The molecule has 1 aromatic heterocycles. The largest absolute Gasteiger partial charge is 0.373 e. The Morgan fingerprint density at radius 2 is 1.93 bits per heavy atom. The molecular formula is C19H25N5O4S. The molecule has 1 N–H and O–H groups in total. The van der Waals surface area contributed by atoms with Gasteiger partial charge in [0, 0.05) is 32.7 Å². The second-order valence-corrected chi connectivity index (χ2v) is 9.15. The standard InChI is InChI=1S/C19H25N5O4S/c1-13-10-24(11-14(2)28-13)29(26,27)16-7-5-6-15(8-16)19(25)22-17-9-20-12-21-18(17)23(3)4/h5-9,12-14H,10-11H2,1-4H3,(H,22,25)/t13-,14-/m0/s1. The lowest BCUT2D eigenvalue weighted by Gasteiger charge is -2.34. The van der Waals surface area contributed by atoms with Crippen molar-refractivity contribution >= 4 is 27.4 Å². The second kappa shape index (κ2) is 8.44. The SMILES string of the molecule is C[C@H]1CN(S(=O)(=O)c2cccc(C(=O)Nc3cncnc3N(C)C)c2)C[C@H](C)O1. The number of hydrogen-bond acceptors (Lipinski definition) is 7. The molecule has 1 saturated heterocycles. The summed E-state index contributed by atoms with van der Waals surface area (Å²) in [7, 11) is -0.136. The van der Waals surface area contributed by atoms with Crippen LogP contribution in [0.15, 0.2) is 41.7 Å². The van der Waals surface area contributed by atoms with Crippen molar-refractivity contribution in [1.82, 2.24) is 14.3 Å². The molecule has 0 radical (unpaired) electrons. The number of nitrogens with one attached hydrogen (secondary N) is 1. The maximum absolute atomic E-state index is 13.1. The summed E-state index contributed by atoms with van der Waals surface area (Å²) in [6.45, 7) is 4.23. The van der Waals surface area contributed by atoms with Crippen molar-refractivity contribution in [2.24, 2.45) is 0 Å². The summed E-state index contributed by atoms with van der Waals surface area (Å²) in [5, 5.41) is 2.75. The van der Waals surface area contributed by atoms with Gasteiger partial charge in [0.15, 0.2) is 5.82 Å². The van der Waals surface area contributed by atoms with E-state index in [4.69, 9.17) is 4.74 Å². The molecule has 1 fully saturated rings. The van der Waals surface area contributed by atoms with Crippen molar-refractivity contribution in [3.63, 3.8) is 0 Å². The van der Waals surface area contributed by atoms with E-state index in [1.807, 2.05) is 13.8 Å². The predicted octanol–water partition coefficient (Wildman–Crippen LogP) is 1.59. The van der Waals surface area contributed by atoms with Gasteiger partial charge in [0.05, 0.1) is 23.3 Å². The van der Waals surface area contributed by atoms with E-state index < -0.39 is 15.9 Å². The van der Waals surface area contributed by atoms with Crippen LogP contribution in [0.3, 0.4) is 0 Å². The Labute approximate surface area is 170 Å². The van der Waals surface area contributed by atoms with Crippen LogP contribution in [0, 0.1) is 0 Å². The second-order valence-electron chi connectivity index (χ2n) is 7.22. The van der Waals surface area contributed by atoms with Crippen molar-refractivity contribution in [2.45, 2.75) is 31.0 Å². The summed E-state index contributed by atoms with van der Waals surface area (Å²) < 4.78 is 33.2. The fourth-order valence-electron chi connectivity index (χ4n) is 3.24. The predicted molar refractivity (Wildman–Crippen MR) is 110 cm³/mol. The van der Waals surface area contributed by atoms with Crippen LogP contribution in [0.5, 0.6) is 0 Å². The minimum Gasteiger partial charge on any atom is -0.373 e. The van der Waals surface area contributed by atoms with Crippen LogP contribution < -0.4 is 10.2 Å². The van der Waals surface area contributed by atoms with E-state index in [9.17, 15) is 13.2 Å². The summed E-state index contributed by atoms with van der Waals surface area (Å²) in [4.78, 5) is 22.6. The van der Waals surface area contributed by atoms with Gasteiger partial charge in [-0.15, -0.1) is 0 Å². The molecule has 2 aromatic rings. The Bertz CT molecular complexity index is 986. The lowest BCUT2D eigenvalue weighted by Crippen LogP contribution is -2.48. The van der Waals surface area contributed by atoms with Crippen LogP contribution >= 0.6 is 0 Å². The highest BCUT2D eigenvalue weighted by Gasteiger charge is 2.32. The number of anilines is 2. The number of rotatable bonds is 5. The summed E-state index contributed by atoms with van der Waals surface area (Å²) in [6.07, 6.45) is 2.50. The zero-order valence-electron chi connectivity index (χ0n) is 16.9. The van der Waals surface area contributed by atoms with Crippen molar-refractivity contribution in [1.29, 1.82) is 0 Å². The first-order chi connectivity index (χ1) is 13.7. The average molecular weight is 420 g/mol. The Kier molecular flexibility index (Phi) is 6.15. The van der Waals surface area contributed by atoms with E-state index in [1.54, 1.807) is 31.1 Å². The number of morpholine rings is 1. The zero-order chi connectivity index (χ0) is 21.2. The van der Waals surface area contributed by atoms with E-state index >= 15 is 0 Å². The molecule has 3 rings (SSSR count). The van der Waals surface area contributed by atoms with Crippen molar-refractivity contribution in [3.8, 4) is 0 Å². The molecule has 2 heterocycles. The highest BCUT2D eigenvalue weighted by molar-refractivity contribution is 7.89. The maximum Gasteiger partial charge on any atom is 0.255 e. The number of nitrogens with zero attached hydrogens (tertiary/aromatic N) is 4. The quantitative estimate of drug-likeness (QED) is 0.785. The van der Waals surface area contributed by atoms with Crippen molar-refractivity contribution in [2.75, 3.05) is 37.4 Å². The van der Waals surface area contributed by atoms with Gasteiger partial charge in [-0.1, -0.05) is 6.07 Å². The highest BCUT2D eigenvalue weighted by atomic mass is 32.2. The van der Waals surface area contributed by atoms with Gasteiger partial charge in [0.2, 0.25) is 10.0 Å². The third kappa shape index (κ3) is 4.72. The summed E-state index contributed by atoms with van der Waals surface area (Å²) >= 11 is 0. The topological polar surface area (TPSA) is 105 Å². The Balaban J connectivity index is 1.85. The van der Waals surface area contributed by atoms with Crippen molar-refractivity contribution < 1.29 is 17.9 Å². The van der Waals surface area contributed by atoms with Gasteiger partial charge in [-0.25, -0.2) is 18.4 Å². The van der Waals surface area contributed by atoms with E-state index in [-0.39, 0.29) is 35.8 Å². The fourth-order valence-corrected chi connectivity index (χ4v) is 4.87. The molecule has 0 saturated carbocycles. The van der Waals surface area contributed by atoms with E-state index in [0.29, 0.717) is 11.5 Å². The number of carbonyl (C=O) groups is 1.